The normalized spacial score (nSPS) is 10.9. The van der Waals surface area contributed by atoms with Crippen molar-refractivity contribution >= 4 is 17.3 Å². The lowest BCUT2D eigenvalue weighted by Gasteiger charge is -2.24. The molecule has 0 atom stereocenters. The van der Waals surface area contributed by atoms with Gasteiger partial charge in [0.25, 0.3) is 0 Å². The van der Waals surface area contributed by atoms with Gasteiger partial charge in [0.05, 0.1) is 18.5 Å². The zero-order valence-electron chi connectivity index (χ0n) is 9.70. The first-order chi connectivity index (χ1) is 7.36. The smallest absolute Gasteiger partial charge is 0.242 e. The van der Waals surface area contributed by atoms with Crippen molar-refractivity contribution in [3.63, 3.8) is 0 Å². The summed E-state index contributed by atoms with van der Waals surface area (Å²) in [6.07, 6.45) is 0. The van der Waals surface area contributed by atoms with Crippen molar-refractivity contribution in [2.45, 2.75) is 19.4 Å². The zero-order chi connectivity index (χ0) is 12.3. The summed E-state index contributed by atoms with van der Waals surface area (Å²) >= 11 is 0. The minimum atomic E-state index is -0.861. The molecule has 0 aliphatic heterocycles. The Balaban J connectivity index is 3.00. The van der Waals surface area contributed by atoms with Crippen molar-refractivity contribution in [2.75, 3.05) is 18.2 Å². The van der Waals surface area contributed by atoms with Crippen LogP contribution in [0.3, 0.4) is 0 Å². The minimum Gasteiger partial charge on any atom is -0.497 e. The highest BCUT2D eigenvalue weighted by Crippen LogP contribution is 2.26. The van der Waals surface area contributed by atoms with E-state index in [1.807, 2.05) is 0 Å². The lowest BCUT2D eigenvalue weighted by atomic mass is 10.0. The highest BCUT2D eigenvalue weighted by molar-refractivity contribution is 5.88. The fraction of sp³-hybridized carbons (Fsp3) is 0.364. The average molecular weight is 223 g/mol. The molecular formula is C11H17N3O2. The second-order valence-electron chi connectivity index (χ2n) is 4.07. The van der Waals surface area contributed by atoms with Gasteiger partial charge in [-0.25, -0.2) is 0 Å². The number of anilines is 2. The molecule has 0 aromatic heterocycles. The number of amides is 1. The molecule has 5 N–H and O–H groups in total. The molecule has 1 aromatic carbocycles. The van der Waals surface area contributed by atoms with Crippen LogP contribution in [-0.2, 0) is 4.79 Å². The number of hydrogen-bond donors (Lipinski definition) is 3. The monoisotopic (exact) mass is 223 g/mol. The van der Waals surface area contributed by atoms with Gasteiger partial charge in [-0.1, -0.05) is 0 Å². The van der Waals surface area contributed by atoms with Crippen LogP contribution < -0.4 is 21.5 Å². The molecule has 0 aliphatic rings. The van der Waals surface area contributed by atoms with Crippen molar-refractivity contribution in [2.24, 2.45) is 5.73 Å². The molecule has 0 spiro atoms. The Morgan fingerprint density at radius 1 is 1.44 bits per heavy atom. The van der Waals surface area contributed by atoms with Crippen LogP contribution in [0, 0.1) is 0 Å². The van der Waals surface area contributed by atoms with E-state index in [0.29, 0.717) is 17.1 Å². The Morgan fingerprint density at radius 3 is 2.56 bits per heavy atom. The number of carbonyl (C=O) groups is 1. The van der Waals surface area contributed by atoms with Crippen LogP contribution in [0.4, 0.5) is 11.4 Å². The van der Waals surface area contributed by atoms with E-state index in [-0.39, 0.29) is 0 Å². The molecule has 88 valence electrons. The molecule has 0 bridgehead atoms. The quantitative estimate of drug-likeness (QED) is 0.663. The molecule has 0 saturated carbocycles. The number of benzene rings is 1. The fourth-order valence-corrected chi connectivity index (χ4v) is 1.17. The predicted octanol–water partition coefficient (Wildman–Crippen LogP) is 0.953. The topological polar surface area (TPSA) is 90.4 Å². The highest BCUT2D eigenvalue weighted by Gasteiger charge is 2.25. The van der Waals surface area contributed by atoms with E-state index in [4.69, 9.17) is 16.2 Å². The lowest BCUT2D eigenvalue weighted by molar-refractivity contribution is -0.121. The van der Waals surface area contributed by atoms with Gasteiger partial charge in [0.2, 0.25) is 5.91 Å². The zero-order valence-corrected chi connectivity index (χ0v) is 9.70. The minimum absolute atomic E-state index is 0.449. The number of nitrogens with one attached hydrogen (secondary N) is 1. The summed E-state index contributed by atoms with van der Waals surface area (Å²) in [5.41, 5.74) is 11.4. The van der Waals surface area contributed by atoms with E-state index in [0.717, 1.165) is 0 Å². The van der Waals surface area contributed by atoms with E-state index in [2.05, 4.69) is 5.32 Å². The van der Waals surface area contributed by atoms with E-state index in [9.17, 15) is 4.79 Å². The van der Waals surface area contributed by atoms with E-state index >= 15 is 0 Å². The maximum Gasteiger partial charge on any atom is 0.242 e. The van der Waals surface area contributed by atoms with Crippen LogP contribution in [0.25, 0.3) is 0 Å². The van der Waals surface area contributed by atoms with Gasteiger partial charge in [-0.2, -0.15) is 0 Å². The lowest BCUT2D eigenvalue weighted by Crippen LogP contribution is -2.45. The third kappa shape index (κ3) is 2.56. The first-order valence-corrected chi connectivity index (χ1v) is 4.88. The van der Waals surface area contributed by atoms with Gasteiger partial charge in [0.15, 0.2) is 0 Å². The van der Waals surface area contributed by atoms with Gasteiger partial charge in [-0.15, -0.1) is 0 Å². The van der Waals surface area contributed by atoms with E-state index in [1.165, 1.54) is 0 Å². The number of ether oxygens (including phenoxy) is 1. The summed E-state index contributed by atoms with van der Waals surface area (Å²) < 4.78 is 5.07. The van der Waals surface area contributed by atoms with Crippen LogP contribution in [0.2, 0.25) is 0 Å². The third-order valence-corrected chi connectivity index (χ3v) is 2.32. The number of methoxy groups -OCH3 is 1. The number of nitrogen functional groups attached to an aromatic ring is 1. The van der Waals surface area contributed by atoms with Crippen molar-refractivity contribution in [3.8, 4) is 5.75 Å². The molecule has 1 amide bonds. The summed E-state index contributed by atoms with van der Waals surface area (Å²) in [4.78, 5) is 11.2. The summed E-state index contributed by atoms with van der Waals surface area (Å²) in [5, 5.41) is 2.98. The molecule has 1 rings (SSSR count). The second kappa shape index (κ2) is 4.30. The van der Waals surface area contributed by atoms with Crippen molar-refractivity contribution in [1.29, 1.82) is 0 Å². The molecule has 5 heteroatoms. The van der Waals surface area contributed by atoms with Crippen molar-refractivity contribution < 1.29 is 9.53 Å². The molecule has 16 heavy (non-hydrogen) atoms. The van der Waals surface area contributed by atoms with Gasteiger partial charge in [0.1, 0.15) is 11.3 Å². The van der Waals surface area contributed by atoms with E-state index < -0.39 is 11.4 Å². The largest absolute Gasteiger partial charge is 0.497 e. The average Bonchev–Trinajstić information content (AvgIpc) is 2.21. The molecule has 0 aliphatic carbocycles. The van der Waals surface area contributed by atoms with E-state index in [1.54, 1.807) is 39.2 Å². The summed E-state index contributed by atoms with van der Waals surface area (Å²) in [6, 6.07) is 5.18. The SMILES string of the molecule is COc1ccc(N)c(NC(C)(C)C(N)=O)c1. The Hall–Kier alpha value is -1.91. The Labute approximate surface area is 94.8 Å². The summed E-state index contributed by atoms with van der Waals surface area (Å²) in [6.45, 7) is 3.38. The molecule has 0 saturated heterocycles. The number of rotatable bonds is 4. The summed E-state index contributed by atoms with van der Waals surface area (Å²) in [5.74, 6) is 0.215. The molecule has 0 unspecified atom stereocenters. The Bertz CT molecular complexity index is 402. The highest BCUT2D eigenvalue weighted by atomic mass is 16.5. The maximum absolute atomic E-state index is 11.2. The Kier molecular flexibility index (Phi) is 3.27. The first-order valence-electron chi connectivity index (χ1n) is 4.88. The molecule has 0 fully saturated rings. The van der Waals surface area contributed by atoms with Crippen LogP contribution in [-0.4, -0.2) is 18.6 Å². The second-order valence-corrected chi connectivity index (χ2v) is 4.07. The Morgan fingerprint density at radius 2 is 2.06 bits per heavy atom. The van der Waals surface area contributed by atoms with Gasteiger partial charge < -0.3 is 21.5 Å². The molecule has 0 radical (unpaired) electrons. The fourth-order valence-electron chi connectivity index (χ4n) is 1.17. The van der Waals surface area contributed by atoms with Gasteiger partial charge in [0, 0.05) is 6.07 Å². The van der Waals surface area contributed by atoms with Gasteiger partial charge in [-0.05, 0) is 26.0 Å². The number of primary amides is 1. The van der Waals surface area contributed by atoms with Crippen LogP contribution >= 0.6 is 0 Å². The maximum atomic E-state index is 11.2. The van der Waals surface area contributed by atoms with Crippen molar-refractivity contribution in [3.05, 3.63) is 18.2 Å². The molecule has 5 nitrogen and oxygen atoms in total. The molecular weight excluding hydrogens is 206 g/mol. The molecule has 1 aromatic rings. The first kappa shape index (κ1) is 12.2. The summed E-state index contributed by atoms with van der Waals surface area (Å²) in [7, 11) is 1.56. The van der Waals surface area contributed by atoms with Crippen LogP contribution in [0.5, 0.6) is 5.75 Å². The standard InChI is InChI=1S/C11H17N3O2/c1-11(2,10(13)15)14-9-6-7(16-3)4-5-8(9)12/h4-6,14H,12H2,1-3H3,(H2,13,15). The molecule has 0 heterocycles. The van der Waals surface area contributed by atoms with Crippen molar-refractivity contribution in [1.82, 2.24) is 0 Å². The van der Waals surface area contributed by atoms with Gasteiger partial charge >= 0.3 is 0 Å². The number of carbonyl (C=O) groups excluding carboxylic acids is 1. The predicted molar refractivity (Wildman–Crippen MR) is 64.3 cm³/mol. The van der Waals surface area contributed by atoms with Crippen LogP contribution in [0.15, 0.2) is 18.2 Å². The third-order valence-electron chi connectivity index (χ3n) is 2.32. The number of hydrogen-bond acceptors (Lipinski definition) is 4. The van der Waals surface area contributed by atoms with Crippen LogP contribution in [0.1, 0.15) is 13.8 Å². The number of nitrogens with two attached hydrogens (primary N) is 2. The van der Waals surface area contributed by atoms with Gasteiger partial charge in [-0.3, -0.25) is 4.79 Å².